The van der Waals surface area contributed by atoms with Gasteiger partial charge in [-0.25, -0.2) is 0 Å². The Labute approximate surface area is 316 Å². The highest BCUT2D eigenvalue weighted by Gasteiger charge is 2.21. The Balaban J connectivity index is 1.77. The van der Waals surface area contributed by atoms with Gasteiger partial charge in [-0.1, -0.05) is 152 Å². The molecule has 4 aromatic carbocycles. The van der Waals surface area contributed by atoms with Crippen LogP contribution >= 0.6 is 0 Å². The molecule has 1 aliphatic carbocycles. The molecule has 53 heavy (non-hydrogen) atoms. The number of hydrogen-bond acceptors (Lipinski definition) is 3. The lowest BCUT2D eigenvalue weighted by Crippen LogP contribution is -2.31. The number of amidine groups is 1. The molecule has 266 valence electrons. The first kappa shape index (κ1) is 37.9. The van der Waals surface area contributed by atoms with Crippen molar-refractivity contribution in [2.24, 2.45) is 5.73 Å². The Kier molecular flexibility index (Phi) is 13.4. The molecule has 0 radical (unpaired) electrons. The highest BCUT2D eigenvalue weighted by molar-refractivity contribution is 6.00. The second-order valence-electron chi connectivity index (χ2n) is 12.8. The van der Waals surface area contributed by atoms with Gasteiger partial charge < -0.3 is 5.73 Å². The number of nitrogen functional groups attached to an aromatic ring is 1. The van der Waals surface area contributed by atoms with Gasteiger partial charge in [0.15, 0.2) is 0 Å². The summed E-state index contributed by atoms with van der Waals surface area (Å²) in [6.07, 6.45) is 26.7. The number of nitrogens with one attached hydrogen (secondary N) is 2. The largest absolute Gasteiger partial charge is 0.384 e. The van der Waals surface area contributed by atoms with E-state index in [1.807, 2.05) is 50.3 Å². The van der Waals surface area contributed by atoms with Crippen molar-refractivity contribution in [3.8, 4) is 11.1 Å². The third-order valence-electron chi connectivity index (χ3n) is 9.16. The van der Waals surface area contributed by atoms with Crippen molar-refractivity contribution in [2.75, 3.05) is 17.0 Å². The maximum atomic E-state index is 8.01. The van der Waals surface area contributed by atoms with Gasteiger partial charge in [-0.3, -0.25) is 15.8 Å². The lowest BCUT2D eigenvalue weighted by Gasteiger charge is -2.30. The number of nitrogens with two attached hydrogens (primary N) is 1. The summed E-state index contributed by atoms with van der Waals surface area (Å²) in [6.45, 7) is 13.1. The minimum Gasteiger partial charge on any atom is -0.384 e. The summed E-state index contributed by atoms with van der Waals surface area (Å²) < 4.78 is 0. The zero-order valence-corrected chi connectivity index (χ0v) is 31.3. The summed E-state index contributed by atoms with van der Waals surface area (Å²) >= 11 is 0. The van der Waals surface area contributed by atoms with E-state index >= 15 is 0 Å². The molecule has 0 saturated heterocycles. The molecule has 0 amide bonds. The molecule has 1 aliphatic rings. The topological polar surface area (TPSA) is 65.1 Å². The SMILES string of the molecule is C=C(/C=C\C)C(/C=C\CN(Nc1c(C2=CC=CCC=C2)ccc(-c2ccccc2)c1C(/C=C(\C)c1ccccc1)=C/C)c1ccc(C(=N)N)cc1)=C/C. The van der Waals surface area contributed by atoms with Gasteiger partial charge >= 0.3 is 0 Å². The number of anilines is 2. The minimum absolute atomic E-state index is 0.0368. The van der Waals surface area contributed by atoms with Gasteiger partial charge in [-0.2, -0.15) is 0 Å². The van der Waals surface area contributed by atoms with Crippen LogP contribution in [-0.2, 0) is 0 Å². The third-order valence-corrected chi connectivity index (χ3v) is 9.16. The summed E-state index contributed by atoms with van der Waals surface area (Å²) in [6, 6.07) is 33.4. The lowest BCUT2D eigenvalue weighted by atomic mass is 9.87. The van der Waals surface area contributed by atoms with Crippen LogP contribution in [0.4, 0.5) is 11.4 Å². The van der Waals surface area contributed by atoms with Gasteiger partial charge in [-0.15, -0.1) is 0 Å². The van der Waals surface area contributed by atoms with E-state index in [2.05, 4.69) is 164 Å². The first-order chi connectivity index (χ1) is 25.8. The smallest absolute Gasteiger partial charge is 0.122 e. The van der Waals surface area contributed by atoms with Crippen molar-refractivity contribution in [1.82, 2.24) is 0 Å². The number of benzene rings is 4. The van der Waals surface area contributed by atoms with Crippen LogP contribution in [0.3, 0.4) is 0 Å². The molecule has 0 bridgehead atoms. The summed E-state index contributed by atoms with van der Waals surface area (Å²) in [7, 11) is 0. The zero-order chi connectivity index (χ0) is 37.6. The highest BCUT2D eigenvalue weighted by atomic mass is 15.5. The van der Waals surface area contributed by atoms with E-state index in [0.29, 0.717) is 12.1 Å². The van der Waals surface area contributed by atoms with E-state index in [0.717, 1.165) is 62.3 Å². The van der Waals surface area contributed by atoms with Crippen LogP contribution in [0.5, 0.6) is 0 Å². The predicted molar refractivity (Wildman–Crippen MR) is 232 cm³/mol. The van der Waals surface area contributed by atoms with E-state index in [1.165, 1.54) is 11.1 Å². The molecule has 0 saturated carbocycles. The van der Waals surface area contributed by atoms with Gasteiger partial charge in [-0.05, 0) is 103 Å². The van der Waals surface area contributed by atoms with Gasteiger partial charge in [0.05, 0.1) is 17.9 Å². The highest BCUT2D eigenvalue weighted by Crippen LogP contribution is 2.42. The van der Waals surface area contributed by atoms with E-state index in [1.54, 1.807) is 0 Å². The van der Waals surface area contributed by atoms with Crippen molar-refractivity contribution in [1.29, 1.82) is 5.41 Å². The number of rotatable bonds is 14. The van der Waals surface area contributed by atoms with Crippen LogP contribution in [0.15, 0.2) is 188 Å². The van der Waals surface area contributed by atoms with Crippen LogP contribution in [0.1, 0.15) is 56.4 Å². The molecule has 0 aliphatic heterocycles. The predicted octanol–water partition coefficient (Wildman–Crippen LogP) is 12.5. The van der Waals surface area contributed by atoms with Crippen LogP contribution in [-0.4, -0.2) is 12.4 Å². The van der Waals surface area contributed by atoms with Crippen LogP contribution in [0, 0.1) is 5.41 Å². The molecule has 0 unspecified atom stereocenters. The Bertz CT molecular complexity index is 2150. The fourth-order valence-electron chi connectivity index (χ4n) is 6.34. The maximum Gasteiger partial charge on any atom is 0.122 e. The summed E-state index contributed by atoms with van der Waals surface area (Å²) in [4.78, 5) is 0. The van der Waals surface area contributed by atoms with E-state index < -0.39 is 0 Å². The quantitative estimate of drug-likeness (QED) is 0.0533. The normalized spacial score (nSPS) is 13.7. The van der Waals surface area contributed by atoms with Crippen LogP contribution in [0.25, 0.3) is 27.8 Å². The average molecular weight is 695 g/mol. The summed E-state index contributed by atoms with van der Waals surface area (Å²) in [5, 5.41) is 10.2. The fraction of sp³-hybridized carbons (Fsp3) is 0.122. The second-order valence-corrected chi connectivity index (χ2v) is 12.8. The lowest BCUT2D eigenvalue weighted by molar-refractivity contribution is 1.00. The molecule has 4 N–H and O–H groups in total. The standard InChI is InChI=1S/C49H50N4/c1-6-20-36(4)38(7-2)27-19-34-53(44-30-28-43(29-31-44)49(50)51)52-48-46(42-25-13-9-10-14-26-42)33-32-45(41-23-17-12-18-24-41)47(48)39(8-3)35-37(5)40-21-15-11-16-22-40/h6-9,11-33,35,52H,4,10,34H2,1-3,5H3,(H3,50,51)/b20-6-,27-19-,37-35+,38-7+,39-8+. The average Bonchev–Trinajstić information content (AvgIpc) is 3.48. The van der Waals surface area contributed by atoms with Gasteiger partial charge in [0.2, 0.25) is 0 Å². The molecule has 4 aromatic rings. The van der Waals surface area contributed by atoms with E-state index in [9.17, 15) is 0 Å². The molecule has 4 heteroatoms. The van der Waals surface area contributed by atoms with Gasteiger partial charge in [0, 0.05) is 16.7 Å². The summed E-state index contributed by atoms with van der Waals surface area (Å²) in [5.74, 6) is 0.0368. The van der Waals surface area contributed by atoms with E-state index in [4.69, 9.17) is 11.1 Å². The number of allylic oxidation sites excluding steroid dienone is 16. The first-order valence-corrected chi connectivity index (χ1v) is 18.1. The maximum absolute atomic E-state index is 8.01. The van der Waals surface area contributed by atoms with Crippen molar-refractivity contribution < 1.29 is 0 Å². The van der Waals surface area contributed by atoms with Crippen molar-refractivity contribution in [3.63, 3.8) is 0 Å². The monoisotopic (exact) mass is 694 g/mol. The van der Waals surface area contributed by atoms with Crippen LogP contribution < -0.4 is 16.2 Å². The second kappa shape index (κ2) is 18.7. The number of hydrogen-bond donors (Lipinski definition) is 3. The molecule has 5 rings (SSSR count). The third kappa shape index (κ3) is 9.69. The molecule has 0 aromatic heterocycles. The summed E-state index contributed by atoms with van der Waals surface area (Å²) in [5.41, 5.74) is 23.4. The van der Waals surface area contributed by atoms with E-state index in [-0.39, 0.29) is 5.84 Å². The number of nitrogens with zero attached hydrogens (tertiary/aromatic N) is 1. The van der Waals surface area contributed by atoms with Gasteiger partial charge in [0.25, 0.3) is 0 Å². The first-order valence-electron chi connectivity index (χ1n) is 18.1. The van der Waals surface area contributed by atoms with Crippen molar-refractivity contribution in [3.05, 3.63) is 210 Å². The molecule has 0 atom stereocenters. The van der Waals surface area contributed by atoms with Crippen LogP contribution in [0.2, 0.25) is 0 Å². The Morgan fingerprint density at radius 3 is 2.19 bits per heavy atom. The van der Waals surface area contributed by atoms with Gasteiger partial charge in [0.1, 0.15) is 5.84 Å². The molecule has 0 heterocycles. The Morgan fingerprint density at radius 1 is 0.830 bits per heavy atom. The number of hydrazine groups is 1. The molecule has 0 fully saturated rings. The minimum atomic E-state index is 0.0368. The molecule has 0 spiro atoms. The van der Waals surface area contributed by atoms with Crippen molar-refractivity contribution >= 4 is 33.9 Å². The molecule has 4 nitrogen and oxygen atoms in total. The molecular formula is C49H50N4. The Morgan fingerprint density at radius 2 is 1.53 bits per heavy atom. The fourth-order valence-corrected chi connectivity index (χ4v) is 6.34. The Hall–Kier alpha value is -6.39. The zero-order valence-electron chi connectivity index (χ0n) is 31.3. The molecular weight excluding hydrogens is 645 g/mol. The van der Waals surface area contributed by atoms with Crippen molar-refractivity contribution in [2.45, 2.75) is 34.1 Å².